The molecule has 0 radical (unpaired) electrons. The minimum atomic E-state index is -0.910. The Bertz CT molecular complexity index is 1160. The molecule has 1 heterocycles. The number of imide groups is 1. The van der Waals surface area contributed by atoms with Gasteiger partial charge in [0.2, 0.25) is 17.7 Å². The van der Waals surface area contributed by atoms with E-state index in [9.17, 15) is 14.4 Å². The maximum absolute atomic E-state index is 13.7. The highest BCUT2D eigenvalue weighted by Crippen LogP contribution is 2.65. The highest BCUT2D eigenvalue weighted by molar-refractivity contribution is 6.31. The summed E-state index contributed by atoms with van der Waals surface area (Å²) in [6.45, 7) is 1.83. The zero-order valence-electron chi connectivity index (χ0n) is 18.3. The van der Waals surface area contributed by atoms with Crippen molar-refractivity contribution >= 4 is 35.0 Å². The second-order valence-corrected chi connectivity index (χ2v) is 10.2. The van der Waals surface area contributed by atoms with E-state index < -0.39 is 6.04 Å². The van der Waals surface area contributed by atoms with Crippen molar-refractivity contribution in [2.45, 2.75) is 25.8 Å². The summed E-state index contributed by atoms with van der Waals surface area (Å²) in [7, 11) is 0. The lowest BCUT2D eigenvalue weighted by atomic mass is 9.63. The molecule has 1 aliphatic heterocycles. The summed E-state index contributed by atoms with van der Waals surface area (Å²) < 4.78 is 0. The van der Waals surface area contributed by atoms with E-state index in [2.05, 4.69) is 17.5 Å². The van der Waals surface area contributed by atoms with Crippen molar-refractivity contribution in [3.63, 3.8) is 0 Å². The minimum absolute atomic E-state index is 0.127. The number of allylic oxidation sites excluding steroid dienone is 2. The Morgan fingerprint density at radius 3 is 2.27 bits per heavy atom. The molecule has 5 nitrogen and oxygen atoms in total. The molecule has 0 spiro atoms. The molecule has 1 saturated heterocycles. The van der Waals surface area contributed by atoms with Crippen LogP contribution in [0.3, 0.4) is 0 Å². The fraction of sp³-hybridized carbons (Fsp3) is 0.370. The van der Waals surface area contributed by atoms with Gasteiger partial charge in [-0.2, -0.15) is 0 Å². The molecule has 7 atom stereocenters. The van der Waals surface area contributed by atoms with Gasteiger partial charge >= 0.3 is 0 Å². The van der Waals surface area contributed by atoms with Crippen molar-refractivity contribution < 1.29 is 14.4 Å². The SMILES string of the molecule is Cc1c(Cl)cccc1NC(=O)[C@H](Cc1ccccc1)N1C(=O)[C@@H]2[C@H]3C=C[C@@H]([C@@H]4C[C@@H]34)[C@@H]2C1=O. The first-order valence-corrected chi connectivity index (χ1v) is 12.0. The number of halogens is 1. The summed E-state index contributed by atoms with van der Waals surface area (Å²) in [5.74, 6) is -0.0891. The van der Waals surface area contributed by atoms with Crippen LogP contribution >= 0.6 is 11.6 Å². The summed E-state index contributed by atoms with van der Waals surface area (Å²) >= 11 is 6.24. The van der Waals surface area contributed by atoms with E-state index in [0.717, 1.165) is 17.5 Å². The Morgan fingerprint density at radius 1 is 1.00 bits per heavy atom. The maximum Gasteiger partial charge on any atom is 0.248 e. The summed E-state index contributed by atoms with van der Waals surface area (Å²) in [4.78, 5) is 42.3. The Balaban J connectivity index is 1.34. The van der Waals surface area contributed by atoms with Crippen molar-refractivity contribution in [2.75, 3.05) is 5.32 Å². The maximum atomic E-state index is 13.7. The predicted molar refractivity (Wildman–Crippen MR) is 125 cm³/mol. The molecule has 3 amide bonds. The van der Waals surface area contributed by atoms with E-state index in [1.165, 1.54) is 4.90 Å². The molecule has 2 saturated carbocycles. The number of likely N-dealkylation sites (tertiary alicyclic amines) is 1. The number of amides is 3. The van der Waals surface area contributed by atoms with Crippen LogP contribution in [0.2, 0.25) is 5.02 Å². The monoisotopic (exact) mass is 460 g/mol. The molecular formula is C27H25ClN2O3. The van der Waals surface area contributed by atoms with Gasteiger partial charge < -0.3 is 5.32 Å². The van der Waals surface area contributed by atoms with Crippen molar-refractivity contribution in [2.24, 2.45) is 35.5 Å². The van der Waals surface area contributed by atoms with Gasteiger partial charge in [-0.1, -0.05) is 60.2 Å². The number of carbonyl (C=O) groups is 3. The first kappa shape index (κ1) is 20.7. The van der Waals surface area contributed by atoms with Gasteiger partial charge in [0.15, 0.2) is 0 Å². The molecule has 3 fully saturated rings. The molecule has 33 heavy (non-hydrogen) atoms. The van der Waals surface area contributed by atoms with Gasteiger partial charge in [0.25, 0.3) is 0 Å². The average molecular weight is 461 g/mol. The normalized spacial score (nSPS) is 31.9. The zero-order valence-corrected chi connectivity index (χ0v) is 19.0. The number of anilines is 1. The van der Waals surface area contributed by atoms with Crippen LogP contribution in [0, 0.1) is 42.4 Å². The first-order chi connectivity index (χ1) is 16.0. The smallest absolute Gasteiger partial charge is 0.248 e. The fourth-order valence-corrected chi connectivity index (χ4v) is 6.56. The third kappa shape index (κ3) is 3.17. The van der Waals surface area contributed by atoms with E-state index in [4.69, 9.17) is 11.6 Å². The molecule has 2 bridgehead atoms. The first-order valence-electron chi connectivity index (χ1n) is 11.6. The van der Waals surface area contributed by atoms with Crippen LogP contribution < -0.4 is 5.32 Å². The number of hydrogen-bond acceptors (Lipinski definition) is 3. The van der Waals surface area contributed by atoms with Gasteiger partial charge in [-0.15, -0.1) is 0 Å². The molecule has 7 rings (SSSR count). The molecule has 2 aromatic carbocycles. The number of carbonyl (C=O) groups excluding carboxylic acids is 3. The van der Waals surface area contributed by atoms with Crippen molar-refractivity contribution in [3.8, 4) is 0 Å². The molecule has 5 aliphatic rings. The van der Waals surface area contributed by atoms with Gasteiger partial charge in [0, 0.05) is 17.1 Å². The Labute approximate surface area is 197 Å². The van der Waals surface area contributed by atoms with Gasteiger partial charge in [-0.3, -0.25) is 19.3 Å². The molecule has 6 heteroatoms. The largest absolute Gasteiger partial charge is 0.324 e. The van der Waals surface area contributed by atoms with Gasteiger partial charge in [0.1, 0.15) is 6.04 Å². The Kier molecular flexibility index (Phi) is 4.73. The van der Waals surface area contributed by atoms with Crippen molar-refractivity contribution in [3.05, 3.63) is 76.8 Å². The molecular weight excluding hydrogens is 436 g/mol. The molecule has 1 N–H and O–H groups in total. The molecule has 0 aromatic heterocycles. The van der Waals surface area contributed by atoms with E-state index >= 15 is 0 Å². The van der Waals surface area contributed by atoms with Gasteiger partial charge in [-0.25, -0.2) is 0 Å². The van der Waals surface area contributed by atoms with Crippen LogP contribution in [0.25, 0.3) is 0 Å². The lowest BCUT2D eigenvalue weighted by molar-refractivity contribution is -0.146. The number of hydrogen-bond donors (Lipinski definition) is 1. The average Bonchev–Trinajstić information content (AvgIpc) is 3.60. The fourth-order valence-electron chi connectivity index (χ4n) is 6.38. The Hall–Kier alpha value is -2.92. The van der Waals surface area contributed by atoms with Crippen molar-refractivity contribution in [1.29, 1.82) is 0 Å². The highest BCUT2D eigenvalue weighted by Gasteiger charge is 2.67. The quantitative estimate of drug-likeness (QED) is 0.535. The van der Waals surface area contributed by atoms with Gasteiger partial charge in [-0.05, 0) is 60.3 Å². The van der Waals surface area contributed by atoms with Crippen LogP contribution in [0.1, 0.15) is 17.5 Å². The standard InChI is InChI=1S/C27H25ClN2O3/c1-14-20(28)8-5-9-21(14)29-25(31)22(12-15-6-3-2-4-7-15)30-26(32)23-16-10-11-17(19-13-18(16)19)24(23)27(30)33/h2-11,16-19,22-24H,12-13H2,1H3,(H,29,31)/t16-,17-,18-,19-,22-,23-,24+/m0/s1. The lowest BCUT2D eigenvalue weighted by Gasteiger charge is -2.37. The highest BCUT2D eigenvalue weighted by atomic mass is 35.5. The zero-order chi connectivity index (χ0) is 22.9. The molecule has 2 aromatic rings. The van der Waals surface area contributed by atoms with Crippen LogP contribution in [-0.2, 0) is 20.8 Å². The van der Waals surface area contributed by atoms with Crippen LogP contribution in [0.15, 0.2) is 60.7 Å². The molecule has 4 aliphatic carbocycles. The second-order valence-electron chi connectivity index (χ2n) is 9.81. The summed E-state index contributed by atoms with van der Waals surface area (Å²) in [6, 6.07) is 14.0. The minimum Gasteiger partial charge on any atom is -0.324 e. The number of nitrogens with zero attached hydrogens (tertiary/aromatic N) is 1. The third-order valence-corrected chi connectivity index (χ3v) is 8.52. The number of benzene rings is 2. The Morgan fingerprint density at radius 2 is 1.64 bits per heavy atom. The van der Waals surface area contributed by atoms with E-state index in [0.29, 0.717) is 22.5 Å². The van der Waals surface area contributed by atoms with Crippen LogP contribution in [0.4, 0.5) is 5.69 Å². The molecule has 168 valence electrons. The summed E-state index contributed by atoms with van der Waals surface area (Å²) in [5.41, 5.74) is 2.24. The van der Waals surface area contributed by atoms with Crippen LogP contribution in [-0.4, -0.2) is 28.7 Å². The third-order valence-electron chi connectivity index (χ3n) is 8.11. The van der Waals surface area contributed by atoms with E-state index in [1.807, 2.05) is 37.3 Å². The second kappa shape index (κ2) is 7.56. The summed E-state index contributed by atoms with van der Waals surface area (Å²) in [6.07, 6.45) is 5.68. The van der Waals surface area contributed by atoms with Crippen molar-refractivity contribution in [1.82, 2.24) is 4.90 Å². The molecule has 0 unspecified atom stereocenters. The van der Waals surface area contributed by atoms with Gasteiger partial charge in [0.05, 0.1) is 11.8 Å². The number of nitrogens with one attached hydrogen (secondary N) is 1. The lowest BCUT2D eigenvalue weighted by Crippen LogP contribution is -2.49. The van der Waals surface area contributed by atoms with E-state index in [-0.39, 0.29) is 47.8 Å². The topological polar surface area (TPSA) is 66.5 Å². The number of rotatable bonds is 5. The predicted octanol–water partition coefficient (Wildman–Crippen LogP) is 4.25. The van der Waals surface area contributed by atoms with E-state index in [1.54, 1.807) is 18.2 Å². The summed E-state index contributed by atoms with van der Waals surface area (Å²) in [5, 5.41) is 3.49. The van der Waals surface area contributed by atoms with Crippen LogP contribution in [0.5, 0.6) is 0 Å².